The molecular weight excluding hydrogens is 484 g/mol. The third kappa shape index (κ3) is 7.31. The molecule has 3 saturated carbocycles. The van der Waals surface area contributed by atoms with Crippen LogP contribution in [0.3, 0.4) is 0 Å². The Labute approximate surface area is 239 Å². The Balaban J connectivity index is 1.22. The first-order chi connectivity index (χ1) is 18.8. The summed E-state index contributed by atoms with van der Waals surface area (Å²) in [5, 5.41) is 9.10. The minimum Gasteiger partial charge on any atom is -0.481 e. The largest absolute Gasteiger partial charge is 0.481 e. The van der Waals surface area contributed by atoms with Gasteiger partial charge >= 0.3 is 11.9 Å². The maximum Gasteiger partial charge on any atom is 0.306 e. The monoisotopic (exact) mass is 542 g/mol. The number of unbranched alkanes of at least 4 members (excludes halogenated alkanes) is 8. The van der Waals surface area contributed by atoms with Crippen LogP contribution >= 0.6 is 0 Å². The lowest BCUT2D eigenvalue weighted by atomic mass is 9.47. The van der Waals surface area contributed by atoms with Crippen LogP contribution in [0.5, 0.6) is 0 Å². The lowest BCUT2D eigenvalue weighted by Gasteiger charge is -2.58. The van der Waals surface area contributed by atoms with Gasteiger partial charge in [-0.25, -0.2) is 0 Å². The topological polar surface area (TPSA) is 63.6 Å². The number of carbonyl (C=O) groups is 2. The molecule has 0 radical (unpaired) electrons. The molecule has 4 aliphatic rings. The summed E-state index contributed by atoms with van der Waals surface area (Å²) in [7, 11) is 0. The van der Waals surface area contributed by atoms with E-state index in [-0.39, 0.29) is 17.5 Å². The van der Waals surface area contributed by atoms with Gasteiger partial charge in [0.2, 0.25) is 0 Å². The first-order valence-electron chi connectivity index (χ1n) is 16.9. The van der Waals surface area contributed by atoms with Crippen molar-refractivity contribution in [2.45, 2.75) is 162 Å². The van der Waals surface area contributed by atoms with Crippen LogP contribution in [0.1, 0.15) is 156 Å². The van der Waals surface area contributed by atoms with Gasteiger partial charge in [-0.2, -0.15) is 0 Å². The zero-order valence-electron chi connectivity index (χ0n) is 25.5. The van der Waals surface area contributed by atoms with Crippen molar-refractivity contribution in [1.29, 1.82) is 0 Å². The molecule has 0 saturated heterocycles. The average Bonchev–Trinajstić information content (AvgIpc) is 3.24. The van der Waals surface area contributed by atoms with E-state index in [1.165, 1.54) is 77.0 Å². The lowest BCUT2D eigenvalue weighted by molar-refractivity contribution is -0.151. The van der Waals surface area contributed by atoms with Gasteiger partial charge in [0.1, 0.15) is 6.10 Å². The molecule has 0 bridgehead atoms. The molecule has 4 heteroatoms. The van der Waals surface area contributed by atoms with Crippen LogP contribution in [0.2, 0.25) is 0 Å². The van der Waals surface area contributed by atoms with Crippen LogP contribution in [-0.4, -0.2) is 23.1 Å². The fraction of sp³-hybridized carbons (Fsp3) is 0.886. The number of hydrogen-bond donors (Lipinski definition) is 1. The van der Waals surface area contributed by atoms with Crippen molar-refractivity contribution < 1.29 is 19.4 Å². The molecule has 3 fully saturated rings. The molecule has 1 unspecified atom stereocenters. The number of carbonyl (C=O) groups excluding carboxylic acids is 1. The first-order valence-corrected chi connectivity index (χ1v) is 16.9. The number of fused-ring (bicyclic) bond motifs is 5. The van der Waals surface area contributed by atoms with Gasteiger partial charge in [-0.15, -0.1) is 0 Å². The van der Waals surface area contributed by atoms with Gasteiger partial charge in [0.15, 0.2) is 0 Å². The minimum absolute atomic E-state index is 0.0224. The zero-order valence-corrected chi connectivity index (χ0v) is 25.5. The second-order valence-corrected chi connectivity index (χ2v) is 14.3. The molecule has 0 aromatic rings. The number of carboxylic acids is 1. The van der Waals surface area contributed by atoms with Gasteiger partial charge in [-0.1, -0.05) is 83.8 Å². The van der Waals surface area contributed by atoms with E-state index >= 15 is 0 Å². The predicted molar refractivity (Wildman–Crippen MR) is 158 cm³/mol. The zero-order chi connectivity index (χ0) is 27.9. The predicted octanol–water partition coefficient (Wildman–Crippen LogP) is 9.65. The van der Waals surface area contributed by atoms with Crippen LogP contribution in [0.15, 0.2) is 11.6 Å². The lowest BCUT2D eigenvalue weighted by Crippen LogP contribution is -2.50. The Morgan fingerprint density at radius 3 is 2.31 bits per heavy atom. The molecule has 4 nitrogen and oxygen atoms in total. The Morgan fingerprint density at radius 1 is 0.872 bits per heavy atom. The van der Waals surface area contributed by atoms with Crippen molar-refractivity contribution in [3.63, 3.8) is 0 Å². The van der Waals surface area contributed by atoms with Gasteiger partial charge in [-0.05, 0) is 98.7 Å². The number of aliphatic carboxylic acids is 1. The summed E-state index contributed by atoms with van der Waals surface area (Å²) < 4.78 is 6.03. The van der Waals surface area contributed by atoms with Crippen molar-refractivity contribution in [3.05, 3.63) is 11.6 Å². The fourth-order valence-electron chi connectivity index (χ4n) is 9.64. The van der Waals surface area contributed by atoms with E-state index in [4.69, 9.17) is 9.84 Å². The molecule has 0 aromatic carbocycles. The Bertz CT molecular complexity index is 848. The van der Waals surface area contributed by atoms with Gasteiger partial charge < -0.3 is 9.84 Å². The molecule has 1 N–H and O–H groups in total. The summed E-state index contributed by atoms with van der Waals surface area (Å²) >= 11 is 0. The molecule has 7 atom stereocenters. The quantitative estimate of drug-likeness (QED) is 0.127. The van der Waals surface area contributed by atoms with Crippen molar-refractivity contribution >= 4 is 11.9 Å². The van der Waals surface area contributed by atoms with Crippen LogP contribution in [0.25, 0.3) is 0 Å². The van der Waals surface area contributed by atoms with Gasteiger partial charge in [0, 0.05) is 19.3 Å². The summed E-state index contributed by atoms with van der Waals surface area (Å²) in [6, 6.07) is 0. The maximum absolute atomic E-state index is 12.6. The number of allylic oxidation sites excluding steroid dienone is 1. The van der Waals surface area contributed by atoms with E-state index in [1.807, 2.05) is 0 Å². The SMILES string of the molecule is CCCCCCCCCCCC(=O)O[C@H]1CC[C@@]2(C)C(=CCC3[C@@H]4CC[C@H](CCCC(=O)O)[C@@]4(C)CC[C@@H]32)C1. The smallest absolute Gasteiger partial charge is 0.306 e. The Morgan fingerprint density at radius 2 is 1.59 bits per heavy atom. The van der Waals surface area contributed by atoms with Gasteiger partial charge in [0.25, 0.3) is 0 Å². The summed E-state index contributed by atoms with van der Waals surface area (Å²) in [5.74, 6) is 2.38. The summed E-state index contributed by atoms with van der Waals surface area (Å²) in [6.45, 7) is 7.33. The number of rotatable bonds is 15. The number of esters is 1. The molecule has 0 heterocycles. The summed E-state index contributed by atoms with van der Waals surface area (Å²) in [6.07, 6.45) is 26.4. The highest BCUT2D eigenvalue weighted by molar-refractivity contribution is 5.69. The standard InChI is InChI=1S/C35H58O4/c1-4-5-6-7-8-9-10-11-12-16-33(38)39-28-21-23-35(3)27(25-28)17-19-29-30-20-18-26(14-13-15-32(36)37)34(30,2)24-22-31(29)35/h17,26,28-31H,4-16,18-25H2,1-3H3,(H,36,37)/t26-,28-,29?,30-,31-,34+,35-/m0/s1. The molecule has 0 amide bonds. The number of carboxylic acid groups (broad SMARTS) is 1. The summed E-state index contributed by atoms with van der Waals surface area (Å²) in [4.78, 5) is 23.7. The highest BCUT2D eigenvalue weighted by atomic mass is 16.5. The first kappa shape index (κ1) is 30.6. The number of hydrogen-bond acceptors (Lipinski definition) is 3. The van der Waals surface area contributed by atoms with Crippen LogP contribution in [0.4, 0.5) is 0 Å². The maximum atomic E-state index is 12.6. The van der Waals surface area contributed by atoms with Crippen molar-refractivity contribution in [3.8, 4) is 0 Å². The van der Waals surface area contributed by atoms with Crippen LogP contribution in [0, 0.1) is 34.5 Å². The second-order valence-electron chi connectivity index (χ2n) is 14.3. The molecule has 4 aliphatic carbocycles. The van der Waals surface area contributed by atoms with Crippen molar-refractivity contribution in [2.75, 3.05) is 0 Å². The molecule has 0 aliphatic heterocycles. The van der Waals surface area contributed by atoms with Gasteiger partial charge in [-0.3, -0.25) is 9.59 Å². The third-order valence-electron chi connectivity index (χ3n) is 12.0. The van der Waals surface area contributed by atoms with E-state index in [0.717, 1.165) is 62.7 Å². The highest BCUT2D eigenvalue weighted by Gasteiger charge is 2.58. The van der Waals surface area contributed by atoms with Crippen LogP contribution < -0.4 is 0 Å². The Kier molecular flexibility index (Phi) is 11.0. The minimum atomic E-state index is -0.652. The molecule has 222 valence electrons. The fourth-order valence-corrected chi connectivity index (χ4v) is 9.64. The average molecular weight is 543 g/mol. The Hall–Kier alpha value is -1.32. The van der Waals surface area contributed by atoms with Gasteiger partial charge in [0.05, 0.1) is 0 Å². The second kappa shape index (κ2) is 14.0. The molecule has 4 rings (SSSR count). The van der Waals surface area contributed by atoms with E-state index in [9.17, 15) is 9.59 Å². The van der Waals surface area contributed by atoms with E-state index in [0.29, 0.717) is 24.2 Å². The van der Waals surface area contributed by atoms with E-state index < -0.39 is 5.97 Å². The van der Waals surface area contributed by atoms with Crippen LogP contribution in [-0.2, 0) is 14.3 Å². The molecule has 0 spiro atoms. The highest BCUT2D eigenvalue weighted by Crippen LogP contribution is 2.66. The van der Waals surface area contributed by atoms with E-state index in [1.54, 1.807) is 5.57 Å². The summed E-state index contributed by atoms with van der Waals surface area (Å²) in [5.41, 5.74) is 2.24. The number of ether oxygens (including phenoxy) is 1. The normalized spacial score (nSPS) is 35.5. The molecule has 39 heavy (non-hydrogen) atoms. The molecular formula is C35H58O4. The van der Waals surface area contributed by atoms with Crippen molar-refractivity contribution in [1.82, 2.24) is 0 Å². The van der Waals surface area contributed by atoms with Crippen molar-refractivity contribution in [2.24, 2.45) is 34.5 Å². The molecule has 0 aromatic heterocycles. The third-order valence-corrected chi connectivity index (χ3v) is 12.0. The van der Waals surface area contributed by atoms with E-state index in [2.05, 4.69) is 26.8 Å².